The van der Waals surface area contributed by atoms with Crippen LogP contribution in [0.5, 0.6) is 17.2 Å². The molecule has 0 aromatic heterocycles. The summed E-state index contributed by atoms with van der Waals surface area (Å²) in [5.74, 6) is 3.06. The van der Waals surface area contributed by atoms with Crippen molar-refractivity contribution >= 4 is 41.3 Å². The van der Waals surface area contributed by atoms with E-state index in [1.807, 2.05) is 36.4 Å². The minimum Gasteiger partial charge on any atom is -0.495 e. The number of hydrogen-bond donors (Lipinski definition) is 2. The number of methoxy groups -OCH3 is 3. The van der Waals surface area contributed by atoms with E-state index < -0.39 is 0 Å². The van der Waals surface area contributed by atoms with E-state index in [-0.39, 0.29) is 24.0 Å². The van der Waals surface area contributed by atoms with Gasteiger partial charge in [-0.3, -0.25) is 4.99 Å². The monoisotopic (exact) mass is 512 g/mol. The summed E-state index contributed by atoms with van der Waals surface area (Å²) >= 11 is 0. The Balaban J connectivity index is 0.00000300. The lowest BCUT2D eigenvalue weighted by Gasteiger charge is -2.21. The second kappa shape index (κ2) is 11.0. The molecule has 1 aliphatic heterocycles. The summed E-state index contributed by atoms with van der Waals surface area (Å²) in [6.07, 6.45) is 1.07. The number of halogens is 1. The quantitative estimate of drug-likeness (QED) is 0.336. The third kappa shape index (κ3) is 5.81. The van der Waals surface area contributed by atoms with Crippen LogP contribution >= 0.6 is 24.0 Å². The highest BCUT2D eigenvalue weighted by Crippen LogP contribution is 2.32. The van der Waals surface area contributed by atoms with Crippen molar-refractivity contribution in [2.24, 2.45) is 16.6 Å². The van der Waals surface area contributed by atoms with Crippen molar-refractivity contribution in [3.05, 3.63) is 42.5 Å². The number of guanidine groups is 1. The van der Waals surface area contributed by atoms with Crippen LogP contribution < -0.4 is 30.2 Å². The Morgan fingerprint density at radius 1 is 1.07 bits per heavy atom. The molecule has 0 aliphatic carbocycles. The molecule has 1 fully saturated rings. The first kappa shape index (κ1) is 22.9. The van der Waals surface area contributed by atoms with Crippen molar-refractivity contribution in [2.75, 3.05) is 51.2 Å². The Hall–Kier alpha value is -2.36. The zero-order chi connectivity index (χ0) is 19.9. The van der Waals surface area contributed by atoms with Gasteiger partial charge in [-0.25, -0.2) is 0 Å². The first-order valence-electron chi connectivity index (χ1n) is 9.31. The summed E-state index contributed by atoms with van der Waals surface area (Å²) in [6.45, 7) is 2.61. The fraction of sp³-hybridized carbons (Fsp3) is 0.381. The lowest BCUT2D eigenvalue weighted by Crippen LogP contribution is -2.25. The summed E-state index contributed by atoms with van der Waals surface area (Å²) < 4.78 is 16.0. The third-order valence-corrected chi connectivity index (χ3v) is 4.89. The Kier molecular flexibility index (Phi) is 8.69. The van der Waals surface area contributed by atoms with Crippen LogP contribution in [0.25, 0.3) is 0 Å². The van der Waals surface area contributed by atoms with Gasteiger partial charge < -0.3 is 30.2 Å². The molecule has 158 valence electrons. The predicted octanol–water partition coefficient (Wildman–Crippen LogP) is 3.58. The molecule has 8 heteroatoms. The van der Waals surface area contributed by atoms with E-state index >= 15 is 0 Å². The van der Waals surface area contributed by atoms with Crippen LogP contribution in [0.4, 0.5) is 11.4 Å². The first-order valence-corrected chi connectivity index (χ1v) is 9.31. The highest BCUT2D eigenvalue weighted by Gasteiger charge is 2.24. The largest absolute Gasteiger partial charge is 0.495 e. The van der Waals surface area contributed by atoms with Crippen LogP contribution in [-0.4, -0.2) is 46.9 Å². The normalized spacial score (nSPS) is 16.2. The smallest absolute Gasteiger partial charge is 0.193 e. The van der Waals surface area contributed by atoms with Gasteiger partial charge in [0.05, 0.1) is 27.0 Å². The van der Waals surface area contributed by atoms with Crippen LogP contribution in [0.2, 0.25) is 0 Å². The number of anilines is 2. The lowest BCUT2D eigenvalue weighted by atomic mass is 10.1. The topological polar surface area (TPSA) is 81.3 Å². The van der Waals surface area contributed by atoms with Gasteiger partial charge in [0.2, 0.25) is 0 Å². The molecule has 0 bridgehead atoms. The van der Waals surface area contributed by atoms with Gasteiger partial charge in [0.1, 0.15) is 5.75 Å². The van der Waals surface area contributed by atoms with Crippen LogP contribution in [0.3, 0.4) is 0 Å². The molecule has 0 radical (unpaired) electrons. The molecular formula is C21H29IN4O3. The Labute approximate surface area is 189 Å². The van der Waals surface area contributed by atoms with Gasteiger partial charge >= 0.3 is 0 Å². The summed E-state index contributed by atoms with van der Waals surface area (Å²) in [7, 11) is 4.92. The highest BCUT2D eigenvalue weighted by molar-refractivity contribution is 14.0. The maximum Gasteiger partial charge on any atom is 0.193 e. The van der Waals surface area contributed by atoms with E-state index in [4.69, 9.17) is 19.9 Å². The SMILES string of the molecule is COc1ccc(NC(N)=NCC2CCN(c3ccccc3OC)C2)cc1OC.I. The molecule has 1 saturated heterocycles. The molecule has 2 aromatic carbocycles. The molecule has 7 nitrogen and oxygen atoms in total. The minimum atomic E-state index is 0. The number of aliphatic imine (C=N–C) groups is 1. The van der Waals surface area contributed by atoms with Gasteiger partial charge in [-0.1, -0.05) is 12.1 Å². The summed E-state index contributed by atoms with van der Waals surface area (Å²) in [4.78, 5) is 6.87. The van der Waals surface area contributed by atoms with E-state index in [0.29, 0.717) is 29.9 Å². The van der Waals surface area contributed by atoms with Crippen molar-refractivity contribution in [1.29, 1.82) is 0 Å². The molecule has 29 heavy (non-hydrogen) atoms. The fourth-order valence-electron chi connectivity index (χ4n) is 3.42. The van der Waals surface area contributed by atoms with Gasteiger partial charge in [-0.2, -0.15) is 0 Å². The number of rotatable bonds is 7. The number of ether oxygens (including phenoxy) is 3. The predicted molar refractivity (Wildman–Crippen MR) is 128 cm³/mol. The van der Waals surface area contributed by atoms with Gasteiger partial charge in [-0.05, 0) is 36.6 Å². The molecular weight excluding hydrogens is 483 g/mol. The molecule has 0 spiro atoms. The number of para-hydroxylation sites is 2. The number of hydrogen-bond acceptors (Lipinski definition) is 5. The average molecular weight is 512 g/mol. The Morgan fingerprint density at radius 2 is 1.79 bits per heavy atom. The molecule has 0 amide bonds. The summed E-state index contributed by atoms with van der Waals surface area (Å²) in [5.41, 5.74) is 8.01. The summed E-state index contributed by atoms with van der Waals surface area (Å²) in [6, 6.07) is 13.7. The van der Waals surface area contributed by atoms with Crippen molar-refractivity contribution in [2.45, 2.75) is 6.42 Å². The van der Waals surface area contributed by atoms with Gasteiger partial charge in [0, 0.05) is 31.4 Å². The van der Waals surface area contributed by atoms with Crippen molar-refractivity contribution in [3.8, 4) is 17.2 Å². The molecule has 0 saturated carbocycles. The maximum absolute atomic E-state index is 6.07. The Bertz CT molecular complexity index is 831. The van der Waals surface area contributed by atoms with E-state index in [1.54, 1.807) is 21.3 Å². The molecule has 1 heterocycles. The zero-order valence-electron chi connectivity index (χ0n) is 17.1. The molecule has 3 rings (SSSR count). The second-order valence-electron chi connectivity index (χ2n) is 6.69. The van der Waals surface area contributed by atoms with Gasteiger partial charge in [0.15, 0.2) is 17.5 Å². The van der Waals surface area contributed by atoms with Crippen LogP contribution in [-0.2, 0) is 0 Å². The molecule has 1 aliphatic rings. The third-order valence-electron chi connectivity index (χ3n) is 4.89. The number of benzene rings is 2. The first-order chi connectivity index (χ1) is 13.6. The second-order valence-corrected chi connectivity index (χ2v) is 6.69. The summed E-state index contributed by atoms with van der Waals surface area (Å²) in [5, 5.41) is 3.11. The maximum atomic E-state index is 6.07. The number of nitrogens with one attached hydrogen (secondary N) is 1. The van der Waals surface area contributed by atoms with Gasteiger partial charge in [-0.15, -0.1) is 24.0 Å². The van der Waals surface area contributed by atoms with Crippen molar-refractivity contribution in [3.63, 3.8) is 0 Å². The van der Waals surface area contributed by atoms with Gasteiger partial charge in [0.25, 0.3) is 0 Å². The van der Waals surface area contributed by atoms with E-state index in [0.717, 1.165) is 36.6 Å². The van der Waals surface area contributed by atoms with E-state index in [9.17, 15) is 0 Å². The average Bonchev–Trinajstić information content (AvgIpc) is 3.21. The highest BCUT2D eigenvalue weighted by atomic mass is 127. The zero-order valence-corrected chi connectivity index (χ0v) is 19.4. The molecule has 1 unspecified atom stereocenters. The van der Waals surface area contributed by atoms with Crippen LogP contribution in [0.15, 0.2) is 47.5 Å². The van der Waals surface area contributed by atoms with Crippen molar-refractivity contribution in [1.82, 2.24) is 0 Å². The van der Waals surface area contributed by atoms with Crippen LogP contribution in [0.1, 0.15) is 6.42 Å². The molecule has 3 N–H and O–H groups in total. The van der Waals surface area contributed by atoms with E-state index in [1.165, 1.54) is 0 Å². The van der Waals surface area contributed by atoms with E-state index in [2.05, 4.69) is 21.3 Å². The number of nitrogens with zero attached hydrogens (tertiary/aromatic N) is 2. The minimum absolute atomic E-state index is 0. The standard InChI is InChI=1S/C21H28N4O3.HI/c1-26-18-7-5-4-6-17(18)25-11-10-15(14-25)13-23-21(22)24-16-8-9-19(27-2)20(12-16)28-3;/h4-9,12,15H,10-11,13-14H2,1-3H3,(H3,22,23,24);1H. The lowest BCUT2D eigenvalue weighted by molar-refractivity contribution is 0.355. The molecule has 1 atom stereocenters. The number of nitrogens with two attached hydrogens (primary N) is 1. The van der Waals surface area contributed by atoms with Crippen LogP contribution in [0, 0.1) is 5.92 Å². The van der Waals surface area contributed by atoms with Crippen molar-refractivity contribution < 1.29 is 14.2 Å². The fourth-order valence-corrected chi connectivity index (χ4v) is 3.42. The molecule has 2 aromatic rings. The Morgan fingerprint density at radius 3 is 2.52 bits per heavy atom.